The predicted octanol–water partition coefficient (Wildman–Crippen LogP) is 1.02. The summed E-state index contributed by atoms with van der Waals surface area (Å²) in [5.74, 6) is 0. The van der Waals surface area contributed by atoms with E-state index in [-0.39, 0.29) is 0 Å². The van der Waals surface area contributed by atoms with Crippen LogP contribution in [-0.4, -0.2) is 40.1 Å². The molecule has 0 N–H and O–H groups in total. The van der Waals surface area contributed by atoms with Gasteiger partial charge in [0.25, 0.3) is 0 Å². The van der Waals surface area contributed by atoms with Crippen LogP contribution in [0, 0.1) is 0 Å². The average Bonchev–Trinajstić information content (AvgIpc) is 2.30. The number of rotatable bonds is 1. The van der Waals surface area contributed by atoms with E-state index in [4.69, 9.17) is 24.4 Å². The minimum Gasteiger partial charge on any atom is -0.343 e. The highest BCUT2D eigenvalue weighted by atomic mass is 32.1. The molecule has 1 fully saturated rings. The largest absolute Gasteiger partial charge is 0.343 e. The van der Waals surface area contributed by atoms with Gasteiger partial charge in [0.05, 0.1) is 12.2 Å². The zero-order valence-electron chi connectivity index (χ0n) is 6.63. The van der Waals surface area contributed by atoms with Crippen LogP contribution in [0.25, 0.3) is 0 Å². The maximum absolute atomic E-state index is 5.15. The molecule has 0 aromatic rings. The summed E-state index contributed by atoms with van der Waals surface area (Å²) in [6, 6.07) is 0. The molecule has 4 heteroatoms. The Kier molecular flexibility index (Phi) is 2.60. The lowest BCUT2D eigenvalue weighted by Gasteiger charge is -2.15. The Hall–Kier alpha value is -0.440. The highest BCUT2D eigenvalue weighted by Gasteiger charge is 2.24. The minimum atomic E-state index is 0.815. The zero-order chi connectivity index (χ0) is 8.43. The third-order valence-electron chi connectivity index (χ3n) is 1.80. The normalized spacial score (nSPS) is 17.6. The Morgan fingerprint density at radius 2 is 2.27 bits per heavy atom. The van der Waals surface area contributed by atoms with Gasteiger partial charge in [-0.3, -0.25) is 0 Å². The lowest BCUT2D eigenvalue weighted by Crippen LogP contribution is -2.28. The van der Waals surface area contributed by atoms with Gasteiger partial charge in [-0.05, 0) is 36.4 Å². The number of nitrogens with zero attached hydrogens (tertiary/aromatic N) is 2. The summed E-state index contributed by atoms with van der Waals surface area (Å²) in [7, 11) is 1.92. The summed E-state index contributed by atoms with van der Waals surface area (Å²) in [4.78, 5) is 4.00. The summed E-state index contributed by atoms with van der Waals surface area (Å²) in [6.07, 6.45) is 0. The van der Waals surface area contributed by atoms with Crippen molar-refractivity contribution >= 4 is 34.6 Å². The Bertz CT molecular complexity index is 231. The van der Waals surface area contributed by atoms with Crippen LogP contribution >= 0.6 is 24.4 Å². The fraction of sp³-hybridized carbons (Fsp3) is 0.571. The molecule has 1 aliphatic heterocycles. The summed E-state index contributed by atoms with van der Waals surface area (Å²) in [5, 5.41) is 3.55. The molecular weight excluding hydrogens is 176 g/mol. The van der Waals surface area contributed by atoms with E-state index in [1.54, 1.807) is 0 Å². The molecule has 1 heterocycles. The molecule has 0 spiro atoms. The van der Waals surface area contributed by atoms with Crippen LogP contribution in [0.2, 0.25) is 0 Å². The van der Waals surface area contributed by atoms with Gasteiger partial charge in [-0.15, -0.1) is 0 Å². The van der Waals surface area contributed by atoms with E-state index >= 15 is 0 Å². The van der Waals surface area contributed by atoms with E-state index in [1.807, 2.05) is 11.9 Å². The molecule has 1 aliphatic rings. The van der Waals surface area contributed by atoms with Gasteiger partial charge in [0.1, 0.15) is 0 Å². The van der Waals surface area contributed by atoms with Gasteiger partial charge in [-0.1, -0.05) is 0 Å². The Balaban J connectivity index is 2.85. The standard InChI is InChI=1S/C7H10N2S2/c1-3-9-4-6(5-10)8(2)7(9)11/h3-4H2,1-2H3. The fourth-order valence-electron chi connectivity index (χ4n) is 1.03. The van der Waals surface area contributed by atoms with Gasteiger partial charge < -0.3 is 9.80 Å². The summed E-state index contributed by atoms with van der Waals surface area (Å²) < 4.78 is 0. The third-order valence-corrected chi connectivity index (χ3v) is 2.57. The van der Waals surface area contributed by atoms with Crippen LogP contribution in [0.3, 0.4) is 0 Å². The van der Waals surface area contributed by atoms with Crippen LogP contribution in [0.5, 0.6) is 0 Å². The molecule has 0 saturated carbocycles. The van der Waals surface area contributed by atoms with Gasteiger partial charge >= 0.3 is 0 Å². The molecule has 60 valence electrons. The van der Waals surface area contributed by atoms with Crippen molar-refractivity contribution in [2.24, 2.45) is 0 Å². The van der Waals surface area contributed by atoms with Crippen molar-refractivity contribution in [2.75, 3.05) is 20.1 Å². The van der Waals surface area contributed by atoms with Crippen molar-refractivity contribution < 1.29 is 0 Å². The topological polar surface area (TPSA) is 6.48 Å². The van der Waals surface area contributed by atoms with Crippen LogP contribution < -0.4 is 0 Å². The maximum Gasteiger partial charge on any atom is 0.176 e. The molecule has 0 aromatic carbocycles. The highest BCUT2D eigenvalue weighted by molar-refractivity contribution is 7.80. The van der Waals surface area contributed by atoms with E-state index < -0.39 is 0 Å². The molecule has 1 saturated heterocycles. The molecule has 1 rings (SSSR count). The number of likely N-dealkylation sites (N-methyl/N-ethyl adjacent to an activating group) is 2. The van der Waals surface area contributed by atoms with Gasteiger partial charge in [-0.25, -0.2) is 0 Å². The molecule has 0 radical (unpaired) electrons. The Morgan fingerprint density at radius 1 is 1.64 bits per heavy atom. The first-order valence-corrected chi connectivity index (χ1v) is 4.29. The van der Waals surface area contributed by atoms with Gasteiger partial charge in [0.2, 0.25) is 0 Å². The lowest BCUT2D eigenvalue weighted by molar-refractivity contribution is 0.507. The molecule has 0 bridgehead atoms. The average molecular weight is 186 g/mol. The second-order valence-electron chi connectivity index (χ2n) is 2.40. The SMILES string of the molecule is CCN1CC(=C=S)N(C)C1=S. The quantitative estimate of drug-likeness (QED) is 0.564. The van der Waals surface area contributed by atoms with Crippen molar-refractivity contribution in [3.63, 3.8) is 0 Å². The van der Waals surface area contributed by atoms with Crippen LogP contribution in [0.4, 0.5) is 0 Å². The van der Waals surface area contributed by atoms with Crippen molar-refractivity contribution in [3.8, 4) is 0 Å². The Labute approximate surface area is 77.5 Å². The van der Waals surface area contributed by atoms with Crippen LogP contribution in [0.15, 0.2) is 5.70 Å². The van der Waals surface area contributed by atoms with Crippen LogP contribution in [-0.2, 0) is 0 Å². The van der Waals surface area contributed by atoms with Gasteiger partial charge in [-0.2, -0.15) is 0 Å². The van der Waals surface area contributed by atoms with E-state index in [1.165, 1.54) is 0 Å². The monoisotopic (exact) mass is 186 g/mol. The van der Waals surface area contributed by atoms with E-state index in [0.29, 0.717) is 0 Å². The molecule has 0 aromatic heterocycles. The minimum absolute atomic E-state index is 0.815. The number of thiocarbonyl (C=S) groups is 2. The molecule has 0 atom stereocenters. The second-order valence-corrected chi connectivity index (χ2v) is 2.97. The number of hydrogen-bond donors (Lipinski definition) is 0. The molecule has 0 unspecified atom stereocenters. The van der Waals surface area contributed by atoms with E-state index in [9.17, 15) is 0 Å². The second kappa shape index (κ2) is 3.30. The van der Waals surface area contributed by atoms with Gasteiger partial charge in [0.15, 0.2) is 5.11 Å². The smallest absolute Gasteiger partial charge is 0.176 e. The molecule has 0 aliphatic carbocycles. The summed E-state index contributed by atoms with van der Waals surface area (Å²) in [6.45, 7) is 3.82. The van der Waals surface area contributed by atoms with E-state index in [2.05, 4.69) is 16.8 Å². The first-order valence-electron chi connectivity index (χ1n) is 3.47. The first-order chi connectivity index (χ1) is 5.20. The Morgan fingerprint density at radius 3 is 2.55 bits per heavy atom. The van der Waals surface area contributed by atoms with Crippen molar-refractivity contribution in [3.05, 3.63) is 5.70 Å². The number of hydrogen-bond acceptors (Lipinski definition) is 2. The van der Waals surface area contributed by atoms with Crippen molar-refractivity contribution in [1.29, 1.82) is 0 Å². The molecule has 11 heavy (non-hydrogen) atoms. The highest BCUT2D eigenvalue weighted by Crippen LogP contribution is 2.14. The maximum atomic E-state index is 5.15. The summed E-state index contributed by atoms with van der Waals surface area (Å²) in [5.41, 5.74) is 0.992. The van der Waals surface area contributed by atoms with Crippen molar-refractivity contribution in [2.45, 2.75) is 6.92 Å². The van der Waals surface area contributed by atoms with Crippen LogP contribution in [0.1, 0.15) is 6.92 Å². The zero-order valence-corrected chi connectivity index (χ0v) is 8.26. The van der Waals surface area contributed by atoms with Crippen molar-refractivity contribution in [1.82, 2.24) is 9.80 Å². The van der Waals surface area contributed by atoms with Gasteiger partial charge in [0, 0.05) is 13.6 Å². The van der Waals surface area contributed by atoms with E-state index in [0.717, 1.165) is 23.9 Å². The predicted molar refractivity (Wildman–Crippen MR) is 53.7 cm³/mol. The molecular formula is C7H10N2S2. The third kappa shape index (κ3) is 1.43. The summed E-state index contributed by atoms with van der Waals surface area (Å²) >= 11 is 9.88. The molecule has 2 nitrogen and oxygen atoms in total. The molecule has 0 amide bonds. The first kappa shape index (κ1) is 8.65. The fourth-order valence-corrected chi connectivity index (χ4v) is 1.54. The lowest BCUT2D eigenvalue weighted by atomic mass is 10.5.